The summed E-state index contributed by atoms with van der Waals surface area (Å²) in [5.41, 5.74) is 4.66. The molecule has 2 heterocycles. The lowest BCUT2D eigenvalue weighted by atomic mass is 10.0. The predicted octanol–water partition coefficient (Wildman–Crippen LogP) is 11.6. The predicted molar refractivity (Wildman–Crippen MR) is 258 cm³/mol. The van der Waals surface area contributed by atoms with Crippen molar-refractivity contribution < 1.29 is 52.0 Å². The first-order chi connectivity index (χ1) is 30.9. The van der Waals surface area contributed by atoms with Gasteiger partial charge < -0.3 is 35.2 Å². The number of anilines is 1. The first-order valence-corrected chi connectivity index (χ1v) is 29.2. The fourth-order valence-electron chi connectivity index (χ4n) is 7.90. The van der Waals surface area contributed by atoms with Crippen molar-refractivity contribution in [3.8, 4) is 0 Å². The standard InChI is InChI=1S/C46H89N3O12P2S/c1-3-5-7-9-11-13-15-17-19-20-22-24-26-28-30-32-36-64-39-40(57-35-31-29-27-25-23-21-18-16-14-12-10-8-6-4-2)37-58-62(53,54)61-63(55,56)59-38-41-43(50)44(51)45(60-41)49-34-33-42(47)48-46(49)52/h33-34,40-41,43-45,50-51H,3-32,35-39H2,1-2H3,(H,53,54)(H,55,56)(H2,47,48,52)/t40?,41-,43-,44+,45?/m1/s1. The third-order valence-corrected chi connectivity index (χ3v) is 15.6. The molecule has 4 unspecified atom stereocenters. The summed E-state index contributed by atoms with van der Waals surface area (Å²) in [5, 5.41) is 20.9. The van der Waals surface area contributed by atoms with Crippen LogP contribution in [0.5, 0.6) is 0 Å². The summed E-state index contributed by atoms with van der Waals surface area (Å²) in [6.07, 6.45) is 32.9. The maximum Gasteiger partial charge on any atom is 0.481 e. The average Bonchev–Trinajstić information content (AvgIpc) is 3.53. The normalized spacial score (nSPS) is 20.1. The molecule has 0 aromatic carbocycles. The number of nitrogens with two attached hydrogens (primary N) is 1. The molecule has 0 saturated carbocycles. The van der Waals surface area contributed by atoms with Gasteiger partial charge in [-0.2, -0.15) is 21.1 Å². The number of hydrogen-bond donors (Lipinski definition) is 5. The van der Waals surface area contributed by atoms with E-state index in [1.807, 2.05) is 0 Å². The van der Waals surface area contributed by atoms with Crippen molar-refractivity contribution in [1.29, 1.82) is 0 Å². The number of nitrogen functional groups attached to an aromatic ring is 1. The summed E-state index contributed by atoms with van der Waals surface area (Å²) in [6, 6.07) is 1.29. The number of phosphoric acid groups is 2. The fraction of sp³-hybridized carbons (Fsp3) is 0.913. The van der Waals surface area contributed by atoms with Crippen LogP contribution in [-0.2, 0) is 32.0 Å². The number of rotatable bonds is 44. The molecule has 0 radical (unpaired) electrons. The molecule has 7 atom stereocenters. The molecule has 376 valence electrons. The minimum Gasteiger partial charge on any atom is -0.387 e. The van der Waals surface area contributed by atoms with Crippen LogP contribution in [-0.4, -0.2) is 85.3 Å². The Morgan fingerprint density at radius 2 is 1.12 bits per heavy atom. The molecular weight excluding hydrogens is 881 g/mol. The number of ether oxygens (including phenoxy) is 2. The van der Waals surface area contributed by atoms with Crippen LogP contribution in [0, 0.1) is 0 Å². The van der Waals surface area contributed by atoms with Crippen molar-refractivity contribution in [3.63, 3.8) is 0 Å². The second kappa shape index (κ2) is 37.1. The number of aromatic nitrogens is 2. The molecule has 6 N–H and O–H groups in total. The van der Waals surface area contributed by atoms with E-state index >= 15 is 0 Å². The van der Waals surface area contributed by atoms with Crippen LogP contribution in [0.4, 0.5) is 5.82 Å². The average molecular weight is 970 g/mol. The molecular formula is C46H89N3O12P2S. The first kappa shape index (κ1) is 59.3. The van der Waals surface area contributed by atoms with E-state index in [0.717, 1.165) is 42.4 Å². The van der Waals surface area contributed by atoms with E-state index in [0.29, 0.717) is 12.4 Å². The third kappa shape index (κ3) is 29.1. The van der Waals surface area contributed by atoms with Gasteiger partial charge in [-0.15, -0.1) is 0 Å². The smallest absolute Gasteiger partial charge is 0.387 e. The second-order valence-electron chi connectivity index (χ2n) is 17.7. The number of unbranched alkanes of at least 4 members (excludes halogenated alkanes) is 28. The quantitative estimate of drug-likeness (QED) is 0.0303. The molecule has 1 aromatic heterocycles. The van der Waals surface area contributed by atoms with Gasteiger partial charge >= 0.3 is 21.3 Å². The molecule has 1 saturated heterocycles. The van der Waals surface area contributed by atoms with Gasteiger partial charge in [-0.25, -0.2) is 13.9 Å². The molecule has 0 aliphatic carbocycles. The molecule has 1 fully saturated rings. The fourth-order valence-corrected chi connectivity index (χ4v) is 11.0. The summed E-state index contributed by atoms with van der Waals surface area (Å²) >= 11 is 1.69. The zero-order chi connectivity index (χ0) is 46.7. The Kier molecular flexibility index (Phi) is 34.3. The molecule has 0 spiro atoms. The number of phosphoric ester groups is 2. The highest BCUT2D eigenvalue weighted by Crippen LogP contribution is 2.60. The van der Waals surface area contributed by atoms with E-state index in [2.05, 4.69) is 23.1 Å². The number of aliphatic hydroxyl groups excluding tert-OH is 2. The molecule has 0 bridgehead atoms. The van der Waals surface area contributed by atoms with Gasteiger partial charge in [0, 0.05) is 18.6 Å². The SMILES string of the molecule is CCCCCCCCCCCCCCCCCCSCC(COP(=O)(O)OP(=O)(O)OC[C@H]1OC(n2ccc(N)nc2=O)[C@@H](O)[C@@H]1O)OCCCCCCCCCCCCCCCC. The third-order valence-electron chi connectivity index (χ3n) is 11.8. The number of hydrogen-bond acceptors (Lipinski definition) is 13. The van der Waals surface area contributed by atoms with Crippen LogP contribution in [0.2, 0.25) is 0 Å². The molecule has 64 heavy (non-hydrogen) atoms. The van der Waals surface area contributed by atoms with Gasteiger partial charge in [-0.1, -0.05) is 194 Å². The first-order valence-electron chi connectivity index (χ1n) is 25.1. The molecule has 15 nitrogen and oxygen atoms in total. The Balaban J connectivity index is 1.71. The van der Waals surface area contributed by atoms with Gasteiger partial charge in [0.25, 0.3) is 0 Å². The largest absolute Gasteiger partial charge is 0.481 e. The lowest BCUT2D eigenvalue weighted by Crippen LogP contribution is -2.36. The van der Waals surface area contributed by atoms with E-state index in [1.165, 1.54) is 173 Å². The van der Waals surface area contributed by atoms with Crippen LogP contribution in [0.1, 0.15) is 213 Å². The van der Waals surface area contributed by atoms with Gasteiger partial charge in [0.2, 0.25) is 0 Å². The molecule has 1 aliphatic rings. The van der Waals surface area contributed by atoms with Crippen LogP contribution in [0.15, 0.2) is 17.1 Å². The van der Waals surface area contributed by atoms with Crippen LogP contribution < -0.4 is 11.4 Å². The summed E-state index contributed by atoms with van der Waals surface area (Å²) in [7, 11) is -10.4. The molecule has 2 rings (SSSR count). The van der Waals surface area contributed by atoms with Gasteiger partial charge in [-0.3, -0.25) is 13.6 Å². The molecule has 18 heteroatoms. The molecule has 1 aromatic rings. The highest BCUT2D eigenvalue weighted by molar-refractivity contribution is 7.99. The zero-order valence-corrected chi connectivity index (χ0v) is 42.2. The van der Waals surface area contributed by atoms with Crippen molar-refractivity contribution >= 4 is 33.2 Å². The van der Waals surface area contributed by atoms with E-state index in [9.17, 15) is 33.9 Å². The highest BCUT2D eigenvalue weighted by Gasteiger charge is 2.46. The zero-order valence-electron chi connectivity index (χ0n) is 39.6. The van der Waals surface area contributed by atoms with Crippen molar-refractivity contribution in [2.75, 3.05) is 37.1 Å². The molecule has 0 amide bonds. The van der Waals surface area contributed by atoms with Gasteiger partial charge in [0.15, 0.2) is 6.23 Å². The number of nitrogens with zero attached hydrogens (tertiary/aromatic N) is 2. The lowest BCUT2D eigenvalue weighted by molar-refractivity contribution is -0.0543. The Labute approximate surface area is 390 Å². The summed E-state index contributed by atoms with van der Waals surface area (Å²) < 4.78 is 52.7. The lowest BCUT2D eigenvalue weighted by Gasteiger charge is -2.21. The summed E-state index contributed by atoms with van der Waals surface area (Å²) in [6.45, 7) is 3.79. The van der Waals surface area contributed by atoms with Gasteiger partial charge in [0.05, 0.1) is 19.3 Å². The number of aliphatic hydroxyl groups is 2. The topological polar surface area (TPSA) is 222 Å². The number of thioether (sulfide) groups is 1. The van der Waals surface area contributed by atoms with Crippen molar-refractivity contribution in [2.24, 2.45) is 0 Å². The Morgan fingerprint density at radius 1 is 0.688 bits per heavy atom. The van der Waals surface area contributed by atoms with Crippen LogP contribution >= 0.6 is 27.4 Å². The van der Waals surface area contributed by atoms with Crippen molar-refractivity contribution in [2.45, 2.75) is 237 Å². The summed E-state index contributed by atoms with van der Waals surface area (Å²) in [5.74, 6) is 1.37. The van der Waals surface area contributed by atoms with E-state index in [-0.39, 0.29) is 12.4 Å². The Bertz CT molecular complexity index is 1450. The van der Waals surface area contributed by atoms with Crippen molar-refractivity contribution in [1.82, 2.24) is 9.55 Å². The second-order valence-corrected chi connectivity index (χ2v) is 21.9. The maximum absolute atomic E-state index is 12.9. The Hall–Kier alpha value is -0.870. The van der Waals surface area contributed by atoms with Crippen LogP contribution in [0.3, 0.4) is 0 Å². The van der Waals surface area contributed by atoms with Gasteiger partial charge in [-0.05, 0) is 24.7 Å². The van der Waals surface area contributed by atoms with Gasteiger partial charge in [0.1, 0.15) is 24.1 Å². The van der Waals surface area contributed by atoms with Crippen molar-refractivity contribution in [3.05, 3.63) is 22.7 Å². The van der Waals surface area contributed by atoms with Crippen LogP contribution in [0.25, 0.3) is 0 Å². The molecule has 1 aliphatic heterocycles. The minimum absolute atomic E-state index is 0.0598. The minimum atomic E-state index is -5.25. The Morgan fingerprint density at radius 3 is 1.59 bits per heavy atom. The van der Waals surface area contributed by atoms with E-state index in [1.54, 1.807) is 11.8 Å². The monoisotopic (exact) mass is 970 g/mol. The maximum atomic E-state index is 12.9. The summed E-state index contributed by atoms with van der Waals surface area (Å²) in [4.78, 5) is 36.5. The van der Waals surface area contributed by atoms with E-state index in [4.69, 9.17) is 24.3 Å². The van der Waals surface area contributed by atoms with E-state index < -0.39 is 58.6 Å². The highest BCUT2D eigenvalue weighted by atomic mass is 32.2.